The molecule has 3 unspecified atom stereocenters. The SMILES string of the molecule is CC(C)[Si]1(C)CCC[C@H]1C.CC1[Si](C)(C)CCC[Si]1(C)C.CC1[Si](C)(C)CC[Si]1(C)C.CCC1CCCC[Si]1(C)C.CCC1CCC[Si]1(C)C.CCC1[Si](C)(C)CCC[Si]1(C)C.CCC1[Si](C)(C)CC[Si]1(C)C.C[C@@H]1CCCC[Si]1(C)C.C[C@@H]1CCC[Si]1(C)C.[2H]C([2H])([2H])[Si]1(C([2H])([2H])[2H])CCC[C@H]1C. The second-order valence-electron chi connectivity index (χ2n) is 45.4. The Morgan fingerprint density at radius 1 is 0.245 bits per heavy atom. The van der Waals surface area contributed by atoms with Crippen LogP contribution in [0.1, 0.15) is 220 Å². The van der Waals surface area contributed by atoms with E-state index in [9.17, 15) is 0 Å². The molecule has 0 spiro atoms. The van der Waals surface area contributed by atoms with Gasteiger partial charge in [0, 0.05) is 72.8 Å². The fraction of sp³-hybridized carbons (Fsp3) is 1.00. The molecule has 0 aromatic rings. The Balaban J connectivity index is 0.000000580. The summed E-state index contributed by atoms with van der Waals surface area (Å²) in [4.78, 5) is 0. The van der Waals surface area contributed by atoms with Crippen molar-refractivity contribution in [2.45, 2.75) is 532 Å². The van der Waals surface area contributed by atoms with E-state index in [0.717, 1.165) is 56.4 Å². The average Bonchev–Trinajstić information content (AvgIpc) is 1.52. The van der Waals surface area contributed by atoms with E-state index >= 15 is 0 Å². The van der Waals surface area contributed by atoms with Crippen LogP contribution in [-0.4, -0.2) is 113 Å². The molecular weight excluding hydrogens is 1400 g/mol. The van der Waals surface area contributed by atoms with Crippen LogP contribution in [0.25, 0.3) is 0 Å². The van der Waals surface area contributed by atoms with Gasteiger partial charge < -0.3 is 0 Å². The Morgan fingerprint density at radius 2 is 0.490 bits per heavy atom. The molecular formula is C84H196Si14. The quantitative estimate of drug-likeness (QED) is 0.241. The van der Waals surface area contributed by atoms with Gasteiger partial charge in [-0.25, -0.2) is 0 Å². The highest BCUT2D eigenvalue weighted by Crippen LogP contribution is 2.51. The largest absolute Gasteiger partial charge is 0.0694 e. The lowest BCUT2D eigenvalue weighted by Gasteiger charge is -2.46. The highest BCUT2D eigenvalue weighted by atomic mass is 28.4. The van der Waals surface area contributed by atoms with Crippen molar-refractivity contribution in [3.63, 3.8) is 0 Å². The van der Waals surface area contributed by atoms with Gasteiger partial charge >= 0.3 is 0 Å². The summed E-state index contributed by atoms with van der Waals surface area (Å²) in [6, 6.07) is 21.2. The Kier molecular flexibility index (Phi) is 37.2. The molecule has 10 aliphatic heterocycles. The van der Waals surface area contributed by atoms with Crippen LogP contribution in [0.4, 0.5) is 0 Å². The van der Waals surface area contributed by atoms with Gasteiger partial charge in [0.2, 0.25) is 0 Å². The van der Waals surface area contributed by atoms with Crippen molar-refractivity contribution in [1.82, 2.24) is 0 Å². The van der Waals surface area contributed by atoms with Crippen molar-refractivity contribution >= 4 is 113 Å². The Hall–Kier alpha value is 3.04. The molecule has 0 radical (unpaired) electrons. The standard InChI is InChI=1S/C10H24Si2.2C9H22Si2.2C9H20Si.C8H20Si2.2C8H18Si.2C7H16Si/c1-6-10-11(2,3)8-7-9-12(10,4)5;1-9-10(2,3)7-6-8-11(9,4)5;1-6-9-10(2,3)7-8-11(9,4)5;1-8(2)10(4)7-5-6-9(10)3;1-4-9-7-5-6-8-10(9,2)3;1-8-9(2,3)6-7-10(8,4)5;1-8-6-4-5-7-9(8,2)3;1-4-8-6-5-7-9(8,2)3;2*1-7-5-4-6-8(7,2)3/h10H,6-9H2,1-5H3;2*9H,6-8H2,1-5H3;8-9H,5-7H2,1-4H3;9H,4-8H2,1-3H3;8H,6-7H2,1-5H3;2*8H,4-7H2,1-3H3;2*7H,4-6H2,1-3H3/t;;;9-,10?;;;8-;;2*7-/m...1..1.11/s1/i;;;;;;;;2D3,3D3;. The molecule has 10 heterocycles. The van der Waals surface area contributed by atoms with E-state index in [0.29, 0.717) is 6.04 Å². The van der Waals surface area contributed by atoms with Crippen molar-refractivity contribution < 1.29 is 8.22 Å². The predicted molar refractivity (Wildman–Crippen MR) is 508 cm³/mol. The molecule has 14 heteroatoms. The van der Waals surface area contributed by atoms with Gasteiger partial charge in [0.25, 0.3) is 0 Å². The first-order chi connectivity index (χ1) is 46.8. The monoisotopic (exact) mass is 1600 g/mol. The molecule has 0 N–H and O–H groups in total. The van der Waals surface area contributed by atoms with Gasteiger partial charge in [0.05, 0.1) is 48.4 Å². The average molecular weight is 1610 g/mol. The molecule has 0 aromatic carbocycles. The molecule has 0 amide bonds. The lowest BCUT2D eigenvalue weighted by Crippen LogP contribution is -2.50. The van der Waals surface area contributed by atoms with E-state index in [1.807, 2.05) is 0 Å². The first-order valence-electron chi connectivity index (χ1n) is 46.8. The molecule has 7 atom stereocenters. The topological polar surface area (TPSA) is 0 Å². The van der Waals surface area contributed by atoms with Gasteiger partial charge in [0.1, 0.15) is 0 Å². The number of hydrogen-bond donors (Lipinski definition) is 0. The fourth-order valence-corrected chi connectivity index (χ4v) is 101. The first kappa shape index (κ1) is 88.3. The van der Waals surface area contributed by atoms with Crippen molar-refractivity contribution in [3.05, 3.63) is 0 Å². The smallest absolute Gasteiger partial charge is 0.0558 e. The minimum absolute atomic E-state index is 0.109. The normalized spacial score (nSPS) is 34.0. The van der Waals surface area contributed by atoms with Crippen molar-refractivity contribution in [2.75, 3.05) is 0 Å². The maximum Gasteiger partial charge on any atom is 0.0558 e. The van der Waals surface area contributed by atoms with Crippen LogP contribution >= 0.6 is 0 Å². The third-order valence-corrected chi connectivity index (χ3v) is 112. The van der Waals surface area contributed by atoms with Gasteiger partial charge in [0.15, 0.2) is 0 Å². The lowest BCUT2D eigenvalue weighted by atomic mass is 10.1. The molecule has 0 saturated carbocycles. The minimum Gasteiger partial charge on any atom is -0.0694 e. The van der Waals surface area contributed by atoms with Crippen LogP contribution in [0.15, 0.2) is 0 Å². The highest BCUT2D eigenvalue weighted by molar-refractivity contribution is 7.03. The van der Waals surface area contributed by atoms with Gasteiger partial charge in [-0.2, -0.15) is 0 Å². The molecule has 0 nitrogen and oxygen atoms in total. The van der Waals surface area contributed by atoms with Crippen LogP contribution in [0.5, 0.6) is 0 Å². The fourth-order valence-electron chi connectivity index (χ4n) is 22.3. The molecule has 10 saturated heterocycles. The van der Waals surface area contributed by atoms with Gasteiger partial charge in [-0.15, -0.1) is 0 Å². The lowest BCUT2D eigenvalue weighted by molar-refractivity contribution is 0.594. The Morgan fingerprint density at radius 3 is 0.694 bits per heavy atom. The molecule has 10 aliphatic rings. The summed E-state index contributed by atoms with van der Waals surface area (Å²) in [6.07, 6.45) is 28.7. The van der Waals surface area contributed by atoms with Gasteiger partial charge in [-0.05, 0) is 43.6 Å². The Labute approximate surface area is 648 Å². The third kappa shape index (κ3) is 31.1. The maximum atomic E-state index is 7.50. The number of hydrogen-bond acceptors (Lipinski definition) is 0. The highest BCUT2D eigenvalue weighted by Gasteiger charge is 2.50. The van der Waals surface area contributed by atoms with Crippen LogP contribution in [-0.2, 0) is 0 Å². The Bertz CT molecular complexity index is 2330. The van der Waals surface area contributed by atoms with E-state index < -0.39 is 126 Å². The van der Waals surface area contributed by atoms with Crippen molar-refractivity contribution in [3.8, 4) is 0 Å². The summed E-state index contributed by atoms with van der Waals surface area (Å²) in [6.45, 7) is 88.6. The summed E-state index contributed by atoms with van der Waals surface area (Å²) in [7, 11) is -12.7. The minimum atomic E-state index is -3.14. The molecule has 588 valence electrons. The molecule has 0 bridgehead atoms. The second kappa shape index (κ2) is 41.4. The van der Waals surface area contributed by atoms with Crippen LogP contribution in [0.3, 0.4) is 0 Å². The maximum absolute atomic E-state index is 7.50. The van der Waals surface area contributed by atoms with E-state index in [1.165, 1.54) is 113 Å². The number of rotatable bonds is 5. The van der Waals surface area contributed by atoms with Crippen molar-refractivity contribution in [1.29, 1.82) is 0 Å². The first-order valence-corrected chi connectivity index (χ1v) is 88.4. The summed E-state index contributed by atoms with van der Waals surface area (Å²) in [5.41, 5.74) is 6.47. The zero-order valence-electron chi connectivity index (χ0n) is 81.4. The summed E-state index contributed by atoms with van der Waals surface area (Å²) < 4.78 is 45.0. The second-order valence-corrected chi connectivity index (χ2v) is 120. The summed E-state index contributed by atoms with van der Waals surface area (Å²) >= 11 is 0. The van der Waals surface area contributed by atoms with E-state index in [1.54, 1.807) is 98.3 Å². The van der Waals surface area contributed by atoms with E-state index in [-0.39, 0.29) is 5.54 Å². The van der Waals surface area contributed by atoms with E-state index in [2.05, 4.69) is 240 Å². The van der Waals surface area contributed by atoms with E-state index in [4.69, 9.17) is 8.22 Å². The molecule has 10 fully saturated rings. The van der Waals surface area contributed by atoms with Gasteiger partial charge in [-0.1, -0.05) is 489 Å². The zero-order chi connectivity index (χ0) is 81.4. The zero-order valence-corrected chi connectivity index (χ0v) is 89.4. The molecule has 10 rings (SSSR count). The molecule has 98 heavy (non-hydrogen) atoms. The predicted octanol–water partition coefficient (Wildman–Crippen LogP) is 34.6. The molecule has 0 aliphatic carbocycles. The third-order valence-electron chi connectivity index (χ3n) is 33.3. The van der Waals surface area contributed by atoms with Gasteiger partial charge in [-0.3, -0.25) is 0 Å². The van der Waals surface area contributed by atoms with Crippen LogP contribution < -0.4 is 0 Å². The summed E-state index contributed by atoms with van der Waals surface area (Å²) in [5, 5.41) is 4.69. The summed E-state index contributed by atoms with van der Waals surface area (Å²) in [5.74, 6) is 0. The van der Waals surface area contributed by atoms with Crippen LogP contribution in [0.2, 0.25) is 321 Å². The van der Waals surface area contributed by atoms with Crippen LogP contribution in [0, 0.1) is 0 Å². The van der Waals surface area contributed by atoms with Crippen molar-refractivity contribution in [2.24, 2.45) is 0 Å². The molecule has 0 aromatic heterocycles.